The van der Waals surface area contributed by atoms with Gasteiger partial charge in [0.15, 0.2) is 9.84 Å². The van der Waals surface area contributed by atoms with Crippen LogP contribution in [0.3, 0.4) is 0 Å². The van der Waals surface area contributed by atoms with E-state index in [9.17, 15) is 13.5 Å². The first-order valence-corrected chi connectivity index (χ1v) is 9.14. The van der Waals surface area contributed by atoms with E-state index in [0.29, 0.717) is 12.2 Å². The van der Waals surface area contributed by atoms with Gasteiger partial charge in [-0.15, -0.1) is 10.2 Å². The second-order valence-electron chi connectivity index (χ2n) is 5.97. The van der Waals surface area contributed by atoms with Crippen LogP contribution in [0, 0.1) is 5.92 Å². The summed E-state index contributed by atoms with van der Waals surface area (Å²) in [6.45, 7) is 0.990. The molecule has 0 saturated carbocycles. The van der Waals surface area contributed by atoms with Gasteiger partial charge < -0.3 is 9.67 Å². The van der Waals surface area contributed by atoms with E-state index < -0.39 is 9.84 Å². The van der Waals surface area contributed by atoms with Crippen molar-refractivity contribution in [3.63, 3.8) is 0 Å². The maximum Gasteiger partial charge on any atom is 0.150 e. The van der Waals surface area contributed by atoms with Crippen LogP contribution < -0.4 is 0 Å². The first-order valence-electron chi connectivity index (χ1n) is 7.32. The number of nitrogens with zero attached hydrogens (tertiary/aromatic N) is 3. The molecular weight excluding hydrogens is 278 g/mol. The van der Waals surface area contributed by atoms with Gasteiger partial charge in [-0.05, 0) is 31.6 Å². The number of rotatable bonds is 3. The number of aliphatic hydroxyl groups excluding tert-OH is 1. The van der Waals surface area contributed by atoms with Crippen LogP contribution in [0.1, 0.15) is 43.3 Å². The summed E-state index contributed by atoms with van der Waals surface area (Å²) in [7, 11) is -2.87. The molecule has 0 spiro atoms. The Bertz CT molecular complexity index is 582. The van der Waals surface area contributed by atoms with Crippen molar-refractivity contribution in [1.82, 2.24) is 14.8 Å². The molecule has 2 aliphatic heterocycles. The average molecular weight is 299 g/mol. The van der Waals surface area contributed by atoms with Gasteiger partial charge in [0.25, 0.3) is 0 Å². The summed E-state index contributed by atoms with van der Waals surface area (Å²) in [5, 5.41) is 17.8. The van der Waals surface area contributed by atoms with Gasteiger partial charge in [-0.3, -0.25) is 0 Å². The number of hydrogen-bond donors (Lipinski definition) is 1. The highest BCUT2D eigenvalue weighted by Gasteiger charge is 2.29. The Morgan fingerprint density at radius 2 is 2.10 bits per heavy atom. The highest BCUT2D eigenvalue weighted by Crippen LogP contribution is 2.28. The lowest BCUT2D eigenvalue weighted by molar-refractivity contribution is 0.236. The van der Waals surface area contributed by atoms with E-state index in [0.717, 1.165) is 43.9 Å². The molecule has 1 aromatic heterocycles. The molecule has 2 aliphatic rings. The first-order chi connectivity index (χ1) is 9.59. The van der Waals surface area contributed by atoms with Gasteiger partial charge in [0.1, 0.15) is 11.6 Å². The lowest BCUT2D eigenvalue weighted by atomic mass is 9.98. The normalized spacial score (nSPS) is 29.1. The number of aromatic nitrogens is 3. The topological polar surface area (TPSA) is 85.1 Å². The molecule has 1 saturated heterocycles. The van der Waals surface area contributed by atoms with Crippen LogP contribution in [0.5, 0.6) is 0 Å². The first kappa shape index (κ1) is 14.0. The molecule has 0 amide bonds. The third-order valence-corrected chi connectivity index (χ3v) is 6.29. The van der Waals surface area contributed by atoms with Crippen LogP contribution in [0.2, 0.25) is 0 Å². The molecule has 0 aliphatic carbocycles. The van der Waals surface area contributed by atoms with Crippen molar-refractivity contribution in [2.75, 3.05) is 18.1 Å². The van der Waals surface area contributed by atoms with Crippen molar-refractivity contribution >= 4 is 9.84 Å². The second kappa shape index (κ2) is 5.44. The summed E-state index contributed by atoms with van der Waals surface area (Å²) in [6.07, 6.45) is 4.36. The number of fused-ring (bicyclic) bond motifs is 1. The van der Waals surface area contributed by atoms with Crippen LogP contribution in [0.15, 0.2) is 0 Å². The van der Waals surface area contributed by atoms with Crippen molar-refractivity contribution in [1.29, 1.82) is 0 Å². The van der Waals surface area contributed by atoms with Crippen molar-refractivity contribution < 1.29 is 13.5 Å². The van der Waals surface area contributed by atoms with Crippen molar-refractivity contribution in [3.8, 4) is 0 Å². The molecule has 2 unspecified atom stereocenters. The van der Waals surface area contributed by atoms with E-state index in [1.165, 1.54) is 0 Å². The van der Waals surface area contributed by atoms with Gasteiger partial charge in [-0.2, -0.15) is 0 Å². The van der Waals surface area contributed by atoms with E-state index in [2.05, 4.69) is 14.8 Å². The van der Waals surface area contributed by atoms with Gasteiger partial charge in [0.2, 0.25) is 0 Å². The minimum absolute atomic E-state index is 0.0834. The van der Waals surface area contributed by atoms with Gasteiger partial charge in [0.05, 0.1) is 18.1 Å². The third-order valence-electron chi connectivity index (χ3n) is 4.40. The fraction of sp³-hybridized carbons (Fsp3) is 0.846. The quantitative estimate of drug-likeness (QED) is 0.879. The van der Waals surface area contributed by atoms with E-state index in [1.807, 2.05) is 0 Å². The predicted octanol–water partition coefficient (Wildman–Crippen LogP) is 0.515. The van der Waals surface area contributed by atoms with Gasteiger partial charge in [-0.1, -0.05) is 0 Å². The van der Waals surface area contributed by atoms with Gasteiger partial charge in [-0.25, -0.2) is 8.42 Å². The fourth-order valence-electron chi connectivity index (χ4n) is 3.38. The summed E-state index contributed by atoms with van der Waals surface area (Å²) in [5.41, 5.74) is 0. The molecule has 0 bridgehead atoms. The van der Waals surface area contributed by atoms with Crippen LogP contribution >= 0.6 is 0 Å². The minimum atomic E-state index is -2.87. The van der Waals surface area contributed by atoms with Crippen LogP contribution in [-0.2, 0) is 22.8 Å². The van der Waals surface area contributed by atoms with E-state index in [4.69, 9.17) is 0 Å². The largest absolute Gasteiger partial charge is 0.396 e. The monoisotopic (exact) mass is 299 g/mol. The Kier molecular flexibility index (Phi) is 3.81. The molecule has 2 atom stereocenters. The Morgan fingerprint density at radius 1 is 1.25 bits per heavy atom. The predicted molar refractivity (Wildman–Crippen MR) is 74.2 cm³/mol. The second-order valence-corrected chi connectivity index (χ2v) is 8.20. The molecular formula is C13H21N3O3S. The van der Waals surface area contributed by atoms with Gasteiger partial charge in [0, 0.05) is 18.9 Å². The number of sulfone groups is 1. The van der Waals surface area contributed by atoms with Crippen LogP contribution in [-0.4, -0.2) is 46.4 Å². The zero-order valence-electron chi connectivity index (χ0n) is 11.5. The molecule has 1 aromatic rings. The summed E-state index contributed by atoms with van der Waals surface area (Å²) in [5.74, 6) is 2.61. The zero-order valence-corrected chi connectivity index (χ0v) is 12.3. The SMILES string of the molecule is O=S1(=O)CCCC(Cc2nnc3n2CCCC3CO)C1. The molecule has 0 aromatic carbocycles. The van der Waals surface area contributed by atoms with Crippen molar-refractivity contribution in [2.45, 2.75) is 44.6 Å². The Morgan fingerprint density at radius 3 is 2.85 bits per heavy atom. The van der Waals surface area contributed by atoms with Crippen LogP contribution in [0.4, 0.5) is 0 Å². The Balaban J connectivity index is 1.77. The standard InChI is InChI=1S/C13H21N3O3S/c17-8-11-4-1-5-16-12(14-15-13(11)16)7-10-3-2-6-20(18,19)9-10/h10-11,17H,1-9H2. The summed E-state index contributed by atoms with van der Waals surface area (Å²) in [4.78, 5) is 0. The smallest absolute Gasteiger partial charge is 0.150 e. The fourth-order valence-corrected chi connectivity index (χ4v) is 5.16. The summed E-state index contributed by atoms with van der Waals surface area (Å²) >= 11 is 0. The molecule has 1 fully saturated rings. The molecule has 20 heavy (non-hydrogen) atoms. The van der Waals surface area contributed by atoms with Crippen molar-refractivity contribution in [2.24, 2.45) is 5.92 Å². The van der Waals surface area contributed by atoms with Gasteiger partial charge >= 0.3 is 0 Å². The Hall–Kier alpha value is -0.950. The van der Waals surface area contributed by atoms with E-state index in [1.54, 1.807) is 0 Å². The highest BCUT2D eigenvalue weighted by atomic mass is 32.2. The Labute approximate surface area is 119 Å². The van der Waals surface area contributed by atoms with Crippen LogP contribution in [0.25, 0.3) is 0 Å². The zero-order chi connectivity index (χ0) is 14.2. The average Bonchev–Trinajstić information content (AvgIpc) is 2.81. The molecule has 3 rings (SSSR count). The number of hydrogen-bond acceptors (Lipinski definition) is 5. The molecule has 1 N–H and O–H groups in total. The van der Waals surface area contributed by atoms with E-state index >= 15 is 0 Å². The minimum Gasteiger partial charge on any atom is -0.396 e. The highest BCUT2D eigenvalue weighted by molar-refractivity contribution is 7.91. The molecule has 0 radical (unpaired) electrons. The summed E-state index contributed by atoms with van der Waals surface area (Å²) in [6, 6.07) is 0. The maximum absolute atomic E-state index is 11.7. The van der Waals surface area contributed by atoms with Crippen molar-refractivity contribution in [3.05, 3.63) is 11.6 Å². The maximum atomic E-state index is 11.7. The molecule has 7 heteroatoms. The van der Waals surface area contributed by atoms with E-state index in [-0.39, 0.29) is 24.2 Å². The summed E-state index contributed by atoms with van der Waals surface area (Å²) < 4.78 is 25.5. The molecule has 112 valence electrons. The third kappa shape index (κ3) is 2.74. The molecule has 6 nitrogen and oxygen atoms in total. The lowest BCUT2D eigenvalue weighted by Gasteiger charge is -2.24. The molecule has 3 heterocycles. The number of aliphatic hydroxyl groups is 1. The lowest BCUT2D eigenvalue weighted by Crippen LogP contribution is -2.28.